The summed E-state index contributed by atoms with van der Waals surface area (Å²) in [5.74, 6) is 0.427. The molecule has 1 aliphatic rings. The molecule has 5 N–H and O–H groups in total. The Bertz CT molecular complexity index is 364. The average molecular weight is 197 g/mol. The summed E-state index contributed by atoms with van der Waals surface area (Å²) in [4.78, 5) is 16.5. The lowest BCUT2D eigenvalue weighted by Gasteiger charge is -2.08. The fourth-order valence-electron chi connectivity index (χ4n) is 1.67. The minimum absolute atomic E-state index is 0.238. The van der Waals surface area contributed by atoms with Gasteiger partial charge in [-0.1, -0.05) is 0 Å². The minimum Gasteiger partial charge on any atom is -0.387 e. The molecule has 14 heavy (non-hydrogen) atoms. The second-order valence-electron chi connectivity index (χ2n) is 3.77. The Kier molecular flexibility index (Phi) is 2.43. The Labute approximate surface area is 81.3 Å². The molecule has 1 atom stereocenters. The van der Waals surface area contributed by atoms with E-state index in [4.69, 9.17) is 5.73 Å². The summed E-state index contributed by atoms with van der Waals surface area (Å²) < 4.78 is 0. The van der Waals surface area contributed by atoms with Crippen LogP contribution in [0.1, 0.15) is 42.7 Å². The molecule has 0 radical (unpaired) electrons. The Morgan fingerprint density at radius 1 is 1.50 bits per heavy atom. The third-order valence-electron chi connectivity index (χ3n) is 2.55. The topological polar surface area (TPSA) is 94.9 Å². The van der Waals surface area contributed by atoms with E-state index in [9.17, 15) is 9.90 Å². The van der Waals surface area contributed by atoms with Crippen molar-refractivity contribution in [2.75, 3.05) is 6.54 Å². The van der Waals surface area contributed by atoms with E-state index < -0.39 is 6.10 Å². The lowest BCUT2D eigenvalue weighted by molar-refractivity contribution is 0.165. The predicted molar refractivity (Wildman–Crippen MR) is 52.0 cm³/mol. The largest absolute Gasteiger partial charge is 0.387 e. The summed E-state index contributed by atoms with van der Waals surface area (Å²) >= 11 is 0. The second kappa shape index (κ2) is 3.59. The monoisotopic (exact) mass is 197 g/mol. The van der Waals surface area contributed by atoms with Crippen LogP contribution in [-0.4, -0.2) is 21.6 Å². The molecule has 0 aromatic carbocycles. The molecule has 1 fully saturated rings. The molecule has 0 amide bonds. The molecular formula is C9H15N3O2. The van der Waals surface area contributed by atoms with E-state index in [1.807, 2.05) is 0 Å². The first-order valence-corrected chi connectivity index (χ1v) is 4.92. The number of aromatic amines is 2. The van der Waals surface area contributed by atoms with Gasteiger partial charge in [0.2, 0.25) is 0 Å². The molecule has 0 saturated heterocycles. The highest BCUT2D eigenvalue weighted by Gasteiger charge is 2.30. The van der Waals surface area contributed by atoms with Crippen LogP contribution in [0.3, 0.4) is 0 Å². The summed E-state index contributed by atoms with van der Waals surface area (Å²) in [6.45, 7) is 0.415. The average Bonchev–Trinajstić information content (AvgIpc) is 2.90. The van der Waals surface area contributed by atoms with Crippen molar-refractivity contribution in [3.05, 3.63) is 21.9 Å². The molecule has 5 nitrogen and oxygen atoms in total. The molecule has 1 aromatic rings. The highest BCUT2D eigenvalue weighted by molar-refractivity contribution is 5.22. The molecule has 1 aromatic heterocycles. The maximum Gasteiger partial charge on any atom is 0.323 e. The molecule has 0 spiro atoms. The third-order valence-corrected chi connectivity index (χ3v) is 2.55. The van der Waals surface area contributed by atoms with Crippen molar-refractivity contribution in [3.8, 4) is 0 Å². The molecule has 78 valence electrons. The number of aromatic nitrogens is 2. The van der Waals surface area contributed by atoms with E-state index in [0.717, 1.165) is 18.5 Å². The van der Waals surface area contributed by atoms with Crippen LogP contribution in [0.4, 0.5) is 0 Å². The fourth-order valence-corrected chi connectivity index (χ4v) is 1.67. The van der Waals surface area contributed by atoms with E-state index in [0.29, 0.717) is 24.6 Å². The lowest BCUT2D eigenvalue weighted by atomic mass is 10.1. The summed E-state index contributed by atoms with van der Waals surface area (Å²) in [5.41, 5.74) is 6.61. The summed E-state index contributed by atoms with van der Waals surface area (Å²) in [6.07, 6.45) is 2.02. The van der Waals surface area contributed by atoms with E-state index in [1.54, 1.807) is 0 Å². The van der Waals surface area contributed by atoms with Crippen molar-refractivity contribution < 1.29 is 5.11 Å². The normalized spacial score (nSPS) is 18.4. The number of aliphatic hydroxyl groups excluding tert-OH is 1. The Hall–Kier alpha value is -1.07. The molecule has 0 bridgehead atoms. The van der Waals surface area contributed by atoms with Gasteiger partial charge in [0.15, 0.2) is 0 Å². The molecule has 0 aliphatic heterocycles. The smallest absolute Gasteiger partial charge is 0.323 e. The van der Waals surface area contributed by atoms with Crippen LogP contribution in [0, 0.1) is 0 Å². The Balaban J connectivity index is 2.25. The first-order chi connectivity index (χ1) is 6.72. The van der Waals surface area contributed by atoms with E-state index in [-0.39, 0.29) is 5.69 Å². The van der Waals surface area contributed by atoms with Crippen molar-refractivity contribution in [1.29, 1.82) is 0 Å². The van der Waals surface area contributed by atoms with Gasteiger partial charge in [0, 0.05) is 11.6 Å². The third kappa shape index (κ3) is 1.73. The minimum atomic E-state index is -0.644. The Morgan fingerprint density at radius 3 is 2.79 bits per heavy atom. The lowest BCUT2D eigenvalue weighted by Crippen LogP contribution is -2.09. The van der Waals surface area contributed by atoms with Crippen LogP contribution < -0.4 is 11.4 Å². The molecule has 2 rings (SSSR count). The van der Waals surface area contributed by atoms with Crippen molar-refractivity contribution in [2.45, 2.75) is 31.3 Å². The van der Waals surface area contributed by atoms with Crippen LogP contribution >= 0.6 is 0 Å². The van der Waals surface area contributed by atoms with Gasteiger partial charge >= 0.3 is 5.69 Å². The standard InChI is InChI=1S/C9H15N3O2/c10-4-3-6(13)8-7(5-1-2-5)11-9(14)12-8/h5-6,13H,1-4,10H2,(H2,11,12,14). The molecule has 1 aliphatic carbocycles. The van der Waals surface area contributed by atoms with Crippen LogP contribution in [0.15, 0.2) is 4.79 Å². The van der Waals surface area contributed by atoms with Gasteiger partial charge in [0.05, 0.1) is 11.8 Å². The van der Waals surface area contributed by atoms with Crippen molar-refractivity contribution in [3.63, 3.8) is 0 Å². The molecule has 5 heteroatoms. The van der Waals surface area contributed by atoms with Gasteiger partial charge in [0.1, 0.15) is 0 Å². The van der Waals surface area contributed by atoms with Crippen molar-refractivity contribution in [2.24, 2.45) is 5.73 Å². The highest BCUT2D eigenvalue weighted by Crippen LogP contribution is 2.41. The van der Waals surface area contributed by atoms with E-state index in [1.165, 1.54) is 0 Å². The fraction of sp³-hybridized carbons (Fsp3) is 0.667. The molecular weight excluding hydrogens is 182 g/mol. The Morgan fingerprint density at radius 2 is 2.21 bits per heavy atom. The van der Waals surface area contributed by atoms with Crippen LogP contribution in [0.25, 0.3) is 0 Å². The zero-order valence-electron chi connectivity index (χ0n) is 7.92. The number of aliphatic hydroxyl groups is 1. The quantitative estimate of drug-likeness (QED) is 0.545. The number of nitrogens with one attached hydrogen (secondary N) is 2. The van der Waals surface area contributed by atoms with Gasteiger partial charge in [0.25, 0.3) is 0 Å². The van der Waals surface area contributed by atoms with Crippen LogP contribution in [0.5, 0.6) is 0 Å². The van der Waals surface area contributed by atoms with Crippen molar-refractivity contribution in [1.82, 2.24) is 9.97 Å². The molecule has 1 saturated carbocycles. The number of hydrogen-bond donors (Lipinski definition) is 4. The van der Waals surface area contributed by atoms with Gasteiger partial charge in [-0.05, 0) is 25.8 Å². The van der Waals surface area contributed by atoms with Gasteiger partial charge in [-0.3, -0.25) is 0 Å². The maximum absolute atomic E-state index is 11.1. The van der Waals surface area contributed by atoms with Gasteiger partial charge in [-0.15, -0.1) is 0 Å². The zero-order chi connectivity index (χ0) is 10.1. The number of rotatable bonds is 4. The van der Waals surface area contributed by atoms with Gasteiger partial charge in [-0.2, -0.15) is 0 Å². The SMILES string of the molecule is NCCC(O)c1[nH]c(=O)[nH]c1C1CC1. The van der Waals surface area contributed by atoms with Crippen molar-refractivity contribution >= 4 is 0 Å². The first-order valence-electron chi connectivity index (χ1n) is 4.92. The number of hydrogen-bond acceptors (Lipinski definition) is 3. The first kappa shape index (κ1) is 9.48. The predicted octanol–water partition coefficient (Wildman–Crippen LogP) is -0.0374. The van der Waals surface area contributed by atoms with Gasteiger partial charge in [-0.25, -0.2) is 4.79 Å². The number of nitrogens with two attached hydrogens (primary N) is 1. The zero-order valence-corrected chi connectivity index (χ0v) is 7.92. The van der Waals surface area contributed by atoms with Crippen LogP contribution in [0.2, 0.25) is 0 Å². The summed E-state index contributed by atoms with van der Waals surface area (Å²) in [6, 6.07) is 0. The summed E-state index contributed by atoms with van der Waals surface area (Å²) in [5, 5.41) is 9.72. The second-order valence-corrected chi connectivity index (χ2v) is 3.77. The maximum atomic E-state index is 11.1. The number of imidazole rings is 1. The van der Waals surface area contributed by atoms with Gasteiger partial charge < -0.3 is 20.8 Å². The van der Waals surface area contributed by atoms with Crippen LogP contribution in [-0.2, 0) is 0 Å². The van der Waals surface area contributed by atoms with E-state index in [2.05, 4.69) is 9.97 Å². The molecule has 1 heterocycles. The number of H-pyrrole nitrogens is 2. The highest BCUT2D eigenvalue weighted by atomic mass is 16.3. The molecule has 1 unspecified atom stereocenters. The summed E-state index contributed by atoms with van der Waals surface area (Å²) in [7, 11) is 0. The van der Waals surface area contributed by atoms with E-state index >= 15 is 0 Å².